The van der Waals surface area contributed by atoms with Crippen LogP contribution in [0.25, 0.3) is 0 Å². The maximum absolute atomic E-state index is 13.7. The van der Waals surface area contributed by atoms with Gasteiger partial charge in [-0.2, -0.15) is 0 Å². The second-order valence-corrected chi connectivity index (χ2v) is 13.1. The summed E-state index contributed by atoms with van der Waals surface area (Å²) in [5.74, 6) is -5.71. The maximum Gasteiger partial charge on any atom is 0.335 e. The Hall–Kier alpha value is -4.47. The summed E-state index contributed by atoms with van der Waals surface area (Å²) in [7, 11) is 0. The molecule has 15 heteroatoms. The van der Waals surface area contributed by atoms with Crippen LogP contribution in [-0.4, -0.2) is 86.9 Å². The minimum Gasteiger partial charge on any atom is -0.481 e. The molecule has 0 bridgehead atoms. The van der Waals surface area contributed by atoms with Crippen LogP contribution in [0, 0.1) is 11.8 Å². The first-order valence-corrected chi connectivity index (χ1v) is 16.5. The van der Waals surface area contributed by atoms with Crippen molar-refractivity contribution in [3.8, 4) is 0 Å². The van der Waals surface area contributed by atoms with Crippen molar-refractivity contribution in [3.05, 3.63) is 60.2 Å². The number of aliphatic hydroxyl groups is 1. The summed E-state index contributed by atoms with van der Waals surface area (Å²) in [4.78, 5) is 76.0. The van der Waals surface area contributed by atoms with Crippen molar-refractivity contribution < 1.29 is 44.1 Å². The molecule has 0 fully saturated rings. The first-order valence-electron chi connectivity index (χ1n) is 15.5. The summed E-state index contributed by atoms with van der Waals surface area (Å²) in [6.07, 6.45) is -2.05. The van der Waals surface area contributed by atoms with Gasteiger partial charge in [0.25, 0.3) is 5.91 Å². The molecule has 9 N–H and O–H groups in total. The molecule has 5 atom stereocenters. The smallest absolute Gasteiger partial charge is 0.335 e. The number of aliphatic carboxylic acids is 1. The van der Waals surface area contributed by atoms with Gasteiger partial charge < -0.3 is 42.3 Å². The minimum absolute atomic E-state index is 0.0563. The zero-order valence-electron chi connectivity index (χ0n) is 27.3. The van der Waals surface area contributed by atoms with Crippen LogP contribution in [0.5, 0.6) is 0 Å². The lowest BCUT2D eigenvalue weighted by Crippen LogP contribution is -2.59. The molecule has 0 aromatic heterocycles. The van der Waals surface area contributed by atoms with Gasteiger partial charge in [0.15, 0.2) is 6.10 Å². The van der Waals surface area contributed by atoms with Crippen molar-refractivity contribution in [2.24, 2.45) is 17.6 Å². The van der Waals surface area contributed by atoms with Gasteiger partial charge in [-0.1, -0.05) is 52.0 Å². The number of thioether (sulfide) groups is 1. The second-order valence-electron chi connectivity index (χ2n) is 12.0. The molecule has 2 rings (SSSR count). The Kier molecular flexibility index (Phi) is 16.0. The summed E-state index contributed by atoms with van der Waals surface area (Å²) in [6, 6.07) is 10.0. The van der Waals surface area contributed by atoms with E-state index in [-0.39, 0.29) is 42.2 Å². The summed E-state index contributed by atoms with van der Waals surface area (Å²) in [6.45, 7) is 7.04. The van der Waals surface area contributed by atoms with Gasteiger partial charge in [-0.3, -0.25) is 24.0 Å². The van der Waals surface area contributed by atoms with Crippen LogP contribution in [0.4, 0.5) is 5.69 Å². The minimum atomic E-state index is -1.77. The van der Waals surface area contributed by atoms with Gasteiger partial charge in [0.1, 0.15) is 12.1 Å². The molecule has 0 aliphatic rings. The number of carboxylic acid groups (broad SMARTS) is 2. The summed E-state index contributed by atoms with van der Waals surface area (Å²) < 4.78 is 0. The molecule has 0 saturated heterocycles. The summed E-state index contributed by atoms with van der Waals surface area (Å²) in [5.41, 5.74) is 5.88. The zero-order valence-corrected chi connectivity index (χ0v) is 28.2. The van der Waals surface area contributed by atoms with E-state index in [1.54, 1.807) is 13.8 Å². The Balaban J connectivity index is 2.26. The van der Waals surface area contributed by atoms with Crippen molar-refractivity contribution in [1.82, 2.24) is 16.0 Å². The highest BCUT2D eigenvalue weighted by atomic mass is 32.2. The molecule has 0 saturated carbocycles. The topological polar surface area (TPSA) is 237 Å². The number of benzene rings is 2. The Morgan fingerprint density at radius 1 is 0.812 bits per heavy atom. The zero-order chi connectivity index (χ0) is 36.0. The number of hydrogen-bond acceptors (Lipinski definition) is 9. The Labute approximate surface area is 283 Å². The number of anilines is 1. The monoisotopic (exact) mass is 687 g/mol. The average molecular weight is 688 g/mol. The maximum atomic E-state index is 13.7. The molecular formula is C33H45N5O9S. The third kappa shape index (κ3) is 13.3. The van der Waals surface area contributed by atoms with Crippen LogP contribution in [-0.2, 0) is 24.0 Å². The number of hydrogen-bond donors (Lipinski definition) is 8. The number of rotatable bonds is 19. The molecular weight excluding hydrogens is 642 g/mol. The molecule has 0 heterocycles. The number of amides is 4. The van der Waals surface area contributed by atoms with Gasteiger partial charge in [-0.15, -0.1) is 11.8 Å². The molecule has 48 heavy (non-hydrogen) atoms. The highest BCUT2D eigenvalue weighted by Gasteiger charge is 2.34. The largest absolute Gasteiger partial charge is 0.481 e. The first kappa shape index (κ1) is 39.7. The number of aromatic carboxylic acids is 1. The lowest BCUT2D eigenvalue weighted by atomic mass is 9.99. The fraction of sp³-hybridized carbons (Fsp3) is 0.455. The van der Waals surface area contributed by atoms with Gasteiger partial charge in [0.2, 0.25) is 17.7 Å². The lowest BCUT2D eigenvalue weighted by Gasteiger charge is -2.29. The summed E-state index contributed by atoms with van der Waals surface area (Å²) in [5, 5.41) is 39.7. The van der Waals surface area contributed by atoms with E-state index in [9.17, 15) is 39.0 Å². The number of nitrogens with two attached hydrogens (primary N) is 1. The predicted molar refractivity (Wildman–Crippen MR) is 180 cm³/mol. The van der Waals surface area contributed by atoms with Crippen molar-refractivity contribution >= 4 is 53.0 Å². The molecule has 14 nitrogen and oxygen atoms in total. The van der Waals surface area contributed by atoms with Gasteiger partial charge in [-0.25, -0.2) is 4.79 Å². The van der Waals surface area contributed by atoms with Crippen molar-refractivity contribution in [2.75, 3.05) is 11.1 Å². The molecule has 0 radical (unpaired) electrons. The van der Waals surface area contributed by atoms with Crippen LogP contribution < -0.4 is 27.0 Å². The van der Waals surface area contributed by atoms with Crippen LogP contribution in [0.3, 0.4) is 0 Å². The fourth-order valence-corrected chi connectivity index (χ4v) is 5.48. The van der Waals surface area contributed by atoms with Crippen LogP contribution in [0.2, 0.25) is 0 Å². The fourth-order valence-electron chi connectivity index (χ4n) is 4.50. The Morgan fingerprint density at radius 2 is 1.48 bits per heavy atom. The molecule has 0 unspecified atom stereocenters. The SMILES string of the molecule is CC(C)C[C@H](NC(=O)[C@@H](NC(=O)[C@@H](N)CCC(=O)O)C(C)C)C(=O)N[C@@H](CSc1ccccc1)[C@@H](O)C(=O)Nc1cccc(C(=O)O)c1. The number of aliphatic hydroxyl groups excluding tert-OH is 1. The van der Waals surface area contributed by atoms with Gasteiger partial charge in [0.05, 0.1) is 17.6 Å². The van der Waals surface area contributed by atoms with Gasteiger partial charge in [0, 0.05) is 22.8 Å². The highest BCUT2D eigenvalue weighted by molar-refractivity contribution is 7.99. The summed E-state index contributed by atoms with van der Waals surface area (Å²) >= 11 is 1.28. The van der Waals surface area contributed by atoms with E-state index in [4.69, 9.17) is 10.8 Å². The van der Waals surface area contributed by atoms with Crippen LogP contribution in [0.1, 0.15) is 57.3 Å². The van der Waals surface area contributed by atoms with E-state index in [0.29, 0.717) is 0 Å². The van der Waals surface area contributed by atoms with Crippen molar-refractivity contribution in [2.45, 2.75) is 82.1 Å². The molecule has 2 aromatic rings. The van der Waals surface area contributed by atoms with Crippen molar-refractivity contribution in [1.29, 1.82) is 0 Å². The molecule has 2 aromatic carbocycles. The molecule has 0 aliphatic heterocycles. The number of carbonyl (C=O) groups is 6. The van der Waals surface area contributed by atoms with E-state index < -0.39 is 71.8 Å². The third-order valence-corrected chi connectivity index (χ3v) is 8.25. The van der Waals surface area contributed by atoms with Crippen LogP contribution in [0.15, 0.2) is 59.5 Å². The quantitative estimate of drug-likeness (QED) is 0.0992. The predicted octanol–water partition coefficient (Wildman–Crippen LogP) is 1.83. The van der Waals surface area contributed by atoms with E-state index >= 15 is 0 Å². The molecule has 262 valence electrons. The molecule has 0 spiro atoms. The van der Waals surface area contributed by atoms with E-state index in [1.807, 2.05) is 44.2 Å². The van der Waals surface area contributed by atoms with E-state index in [2.05, 4.69) is 21.3 Å². The Bertz CT molecular complexity index is 1420. The molecule has 0 aliphatic carbocycles. The van der Waals surface area contributed by atoms with Gasteiger partial charge >= 0.3 is 11.9 Å². The standard InChI is InChI=1S/C33H45N5O9S/c1-18(2)15-24(36-31(44)27(19(3)4)38-29(42)23(34)13-14-26(39)40)30(43)37-25(17-48-22-11-6-5-7-12-22)28(41)32(45)35-21-10-8-9-20(16-21)33(46)47/h5-12,16,18-19,23-25,27-28,41H,13-15,17,34H2,1-4H3,(H,35,45)(H,36,44)(H,37,43)(H,38,42)(H,39,40)(H,46,47)/t23-,24-,25-,27-,28+/m0/s1. The van der Waals surface area contributed by atoms with E-state index in [1.165, 1.54) is 36.0 Å². The van der Waals surface area contributed by atoms with Gasteiger partial charge in [-0.05, 0) is 55.0 Å². The second kappa shape index (κ2) is 19.4. The Morgan fingerprint density at radius 3 is 2.06 bits per heavy atom. The van der Waals surface area contributed by atoms with E-state index in [0.717, 1.165) is 4.90 Å². The number of carboxylic acids is 2. The molecule has 4 amide bonds. The third-order valence-electron chi connectivity index (χ3n) is 7.12. The van der Waals surface area contributed by atoms with Crippen molar-refractivity contribution in [3.63, 3.8) is 0 Å². The van der Waals surface area contributed by atoms with Crippen LogP contribution >= 0.6 is 11.8 Å². The number of carbonyl (C=O) groups excluding carboxylic acids is 4. The normalized spacial score (nSPS) is 14.2. The average Bonchev–Trinajstić information content (AvgIpc) is 3.03. The number of nitrogens with one attached hydrogen (secondary N) is 4. The lowest BCUT2D eigenvalue weighted by molar-refractivity contribution is -0.137. The first-order chi connectivity index (χ1) is 22.6. The highest BCUT2D eigenvalue weighted by Crippen LogP contribution is 2.20.